The lowest BCUT2D eigenvalue weighted by molar-refractivity contribution is 0.122. The van der Waals surface area contributed by atoms with E-state index in [1.807, 2.05) is 30.3 Å². The molecule has 0 aliphatic carbocycles. The van der Waals surface area contributed by atoms with Gasteiger partial charge in [-0.1, -0.05) is 30.3 Å². The van der Waals surface area contributed by atoms with Crippen LogP contribution in [0.3, 0.4) is 0 Å². The van der Waals surface area contributed by atoms with Gasteiger partial charge in [0.2, 0.25) is 5.43 Å². The van der Waals surface area contributed by atoms with E-state index in [9.17, 15) is 4.79 Å². The third-order valence-corrected chi connectivity index (χ3v) is 4.44. The molecule has 0 saturated carbocycles. The summed E-state index contributed by atoms with van der Waals surface area (Å²) in [4.78, 5) is 15.3. The van der Waals surface area contributed by atoms with Gasteiger partial charge in [0.1, 0.15) is 17.0 Å². The van der Waals surface area contributed by atoms with Gasteiger partial charge in [0.15, 0.2) is 5.76 Å². The van der Waals surface area contributed by atoms with Crippen molar-refractivity contribution in [2.45, 2.75) is 0 Å². The SMILES string of the molecule is COc1ccc2oc(-c3ccccc3)c(N3CCOCC3)c(=O)c2c1. The largest absolute Gasteiger partial charge is 0.497 e. The van der Waals surface area contributed by atoms with Crippen LogP contribution < -0.4 is 15.1 Å². The minimum atomic E-state index is -0.0408. The highest BCUT2D eigenvalue weighted by Gasteiger charge is 2.23. The standard InChI is InChI=1S/C20H19NO4/c1-23-15-7-8-17-16(13-15)19(22)18(21-9-11-24-12-10-21)20(25-17)14-5-3-2-4-6-14/h2-8,13H,9-12H2,1H3. The van der Waals surface area contributed by atoms with Crippen molar-refractivity contribution >= 4 is 16.7 Å². The minimum Gasteiger partial charge on any atom is -0.497 e. The Balaban J connectivity index is 1.99. The lowest BCUT2D eigenvalue weighted by atomic mass is 10.1. The molecule has 1 aliphatic rings. The van der Waals surface area contributed by atoms with Crippen LogP contribution in [0.2, 0.25) is 0 Å². The van der Waals surface area contributed by atoms with Crippen LogP contribution in [0.15, 0.2) is 57.7 Å². The number of rotatable bonds is 3. The first-order valence-electron chi connectivity index (χ1n) is 8.31. The summed E-state index contributed by atoms with van der Waals surface area (Å²) in [6, 6.07) is 15.1. The molecular formula is C20H19NO4. The summed E-state index contributed by atoms with van der Waals surface area (Å²) in [5.41, 5.74) is 2.00. The Hall–Kier alpha value is -2.79. The Morgan fingerprint density at radius 1 is 1.04 bits per heavy atom. The van der Waals surface area contributed by atoms with E-state index in [1.165, 1.54) is 0 Å². The molecule has 25 heavy (non-hydrogen) atoms. The van der Waals surface area contributed by atoms with Gasteiger partial charge < -0.3 is 18.8 Å². The number of anilines is 1. The van der Waals surface area contributed by atoms with Gasteiger partial charge in [-0.3, -0.25) is 4.79 Å². The number of hydrogen-bond donors (Lipinski definition) is 0. The Morgan fingerprint density at radius 3 is 2.52 bits per heavy atom. The van der Waals surface area contributed by atoms with Gasteiger partial charge >= 0.3 is 0 Å². The maximum atomic E-state index is 13.3. The van der Waals surface area contributed by atoms with E-state index in [0.29, 0.717) is 54.5 Å². The van der Waals surface area contributed by atoms with Crippen molar-refractivity contribution in [2.24, 2.45) is 0 Å². The van der Waals surface area contributed by atoms with Gasteiger partial charge in [0, 0.05) is 18.7 Å². The molecule has 2 aromatic carbocycles. The van der Waals surface area contributed by atoms with E-state index < -0.39 is 0 Å². The molecular weight excluding hydrogens is 318 g/mol. The van der Waals surface area contributed by atoms with E-state index in [-0.39, 0.29) is 5.43 Å². The fourth-order valence-corrected chi connectivity index (χ4v) is 3.15. The van der Waals surface area contributed by atoms with Crippen LogP contribution in [0.1, 0.15) is 0 Å². The predicted octanol–water partition coefficient (Wildman–Crippen LogP) is 3.31. The molecule has 0 amide bonds. The quantitative estimate of drug-likeness (QED) is 0.734. The van der Waals surface area contributed by atoms with Gasteiger partial charge in [-0.05, 0) is 18.2 Å². The van der Waals surface area contributed by atoms with Crippen LogP contribution in [-0.2, 0) is 4.74 Å². The monoisotopic (exact) mass is 337 g/mol. The normalized spacial score (nSPS) is 14.7. The summed E-state index contributed by atoms with van der Waals surface area (Å²) in [7, 11) is 1.59. The molecule has 4 rings (SSSR count). The highest BCUT2D eigenvalue weighted by Crippen LogP contribution is 2.32. The van der Waals surface area contributed by atoms with E-state index in [1.54, 1.807) is 25.3 Å². The Morgan fingerprint density at radius 2 is 1.80 bits per heavy atom. The summed E-state index contributed by atoms with van der Waals surface area (Å²) >= 11 is 0. The Bertz CT molecular complexity index is 943. The first-order valence-corrected chi connectivity index (χ1v) is 8.31. The fraction of sp³-hybridized carbons (Fsp3) is 0.250. The second-order valence-corrected chi connectivity index (χ2v) is 5.94. The third kappa shape index (κ3) is 2.87. The number of methoxy groups -OCH3 is 1. The number of benzene rings is 2. The van der Waals surface area contributed by atoms with E-state index >= 15 is 0 Å². The van der Waals surface area contributed by atoms with E-state index in [0.717, 1.165) is 5.56 Å². The second kappa shape index (κ2) is 6.61. The van der Waals surface area contributed by atoms with Gasteiger partial charge in [-0.2, -0.15) is 0 Å². The second-order valence-electron chi connectivity index (χ2n) is 5.94. The smallest absolute Gasteiger partial charge is 0.216 e. The molecule has 5 heteroatoms. The number of nitrogens with zero attached hydrogens (tertiary/aromatic N) is 1. The van der Waals surface area contributed by atoms with Crippen LogP contribution in [0.25, 0.3) is 22.3 Å². The lowest BCUT2D eigenvalue weighted by Crippen LogP contribution is -2.39. The Labute approximate surface area is 145 Å². The van der Waals surface area contributed by atoms with Crippen LogP contribution in [0, 0.1) is 0 Å². The summed E-state index contributed by atoms with van der Waals surface area (Å²) in [5.74, 6) is 1.24. The van der Waals surface area contributed by atoms with Crippen LogP contribution in [0.4, 0.5) is 5.69 Å². The van der Waals surface area contributed by atoms with Crippen molar-refractivity contribution in [2.75, 3.05) is 38.3 Å². The highest BCUT2D eigenvalue weighted by atomic mass is 16.5. The van der Waals surface area contributed by atoms with Crippen molar-refractivity contribution in [1.29, 1.82) is 0 Å². The first kappa shape index (κ1) is 15.7. The van der Waals surface area contributed by atoms with Crippen LogP contribution in [-0.4, -0.2) is 33.4 Å². The molecule has 1 saturated heterocycles. The first-order chi connectivity index (χ1) is 12.3. The molecule has 1 aromatic heterocycles. The van der Waals surface area contributed by atoms with E-state index in [2.05, 4.69) is 4.90 Å². The van der Waals surface area contributed by atoms with Crippen LogP contribution in [0.5, 0.6) is 5.75 Å². The van der Waals surface area contributed by atoms with Crippen molar-refractivity contribution in [3.05, 3.63) is 58.8 Å². The van der Waals surface area contributed by atoms with Crippen molar-refractivity contribution in [3.63, 3.8) is 0 Å². The molecule has 0 unspecified atom stereocenters. The summed E-state index contributed by atoms with van der Waals surface area (Å²) < 4.78 is 16.9. The average molecular weight is 337 g/mol. The zero-order chi connectivity index (χ0) is 17.2. The van der Waals surface area contributed by atoms with E-state index in [4.69, 9.17) is 13.9 Å². The molecule has 0 bridgehead atoms. The molecule has 1 aliphatic heterocycles. The van der Waals surface area contributed by atoms with Crippen molar-refractivity contribution < 1.29 is 13.9 Å². The molecule has 3 aromatic rings. The van der Waals surface area contributed by atoms with Gasteiger partial charge in [0.05, 0.1) is 25.7 Å². The minimum absolute atomic E-state index is 0.0408. The van der Waals surface area contributed by atoms with Gasteiger partial charge in [-0.25, -0.2) is 0 Å². The zero-order valence-electron chi connectivity index (χ0n) is 14.0. The maximum Gasteiger partial charge on any atom is 0.216 e. The molecule has 0 radical (unpaired) electrons. The molecule has 0 N–H and O–H groups in total. The summed E-state index contributed by atoms with van der Waals surface area (Å²) in [6.07, 6.45) is 0. The molecule has 128 valence electrons. The molecule has 2 heterocycles. The summed E-state index contributed by atoms with van der Waals surface area (Å²) in [5, 5.41) is 0.528. The number of ether oxygens (including phenoxy) is 2. The fourth-order valence-electron chi connectivity index (χ4n) is 3.15. The third-order valence-electron chi connectivity index (χ3n) is 4.44. The maximum absolute atomic E-state index is 13.3. The van der Waals surface area contributed by atoms with Crippen molar-refractivity contribution in [1.82, 2.24) is 0 Å². The number of morpholine rings is 1. The van der Waals surface area contributed by atoms with Crippen LogP contribution >= 0.6 is 0 Å². The predicted molar refractivity (Wildman–Crippen MR) is 97.5 cm³/mol. The van der Waals surface area contributed by atoms with Crippen molar-refractivity contribution in [3.8, 4) is 17.1 Å². The number of hydrogen-bond acceptors (Lipinski definition) is 5. The van der Waals surface area contributed by atoms with Gasteiger partial charge in [0.25, 0.3) is 0 Å². The topological polar surface area (TPSA) is 51.9 Å². The highest BCUT2D eigenvalue weighted by molar-refractivity contribution is 5.87. The molecule has 0 atom stereocenters. The lowest BCUT2D eigenvalue weighted by Gasteiger charge is -2.29. The molecule has 0 spiro atoms. The van der Waals surface area contributed by atoms with Gasteiger partial charge in [-0.15, -0.1) is 0 Å². The number of fused-ring (bicyclic) bond motifs is 1. The Kier molecular flexibility index (Phi) is 4.15. The zero-order valence-corrected chi connectivity index (χ0v) is 14.0. The molecule has 5 nitrogen and oxygen atoms in total. The summed E-state index contributed by atoms with van der Waals surface area (Å²) in [6.45, 7) is 2.54. The average Bonchev–Trinajstić information content (AvgIpc) is 2.69. The molecule has 1 fully saturated rings.